The zero-order chi connectivity index (χ0) is 17.5. The number of fused-ring (bicyclic) bond motifs is 1. The van der Waals surface area contributed by atoms with Gasteiger partial charge in [0.2, 0.25) is 5.91 Å². The zero-order valence-electron chi connectivity index (χ0n) is 14.4. The number of nitrogens with one attached hydrogen (secondary N) is 2. The topological polar surface area (TPSA) is 67.0 Å². The molecule has 3 rings (SSSR count). The number of ether oxygens (including phenoxy) is 1. The molecule has 0 fully saturated rings. The number of methoxy groups -OCH3 is 1. The Kier molecular flexibility index (Phi) is 5.67. The predicted octanol–water partition coefficient (Wildman–Crippen LogP) is 3.25. The molecule has 2 aromatic carbocycles. The van der Waals surface area contributed by atoms with Crippen molar-refractivity contribution in [3.63, 3.8) is 0 Å². The Bertz CT molecular complexity index is 809. The molecule has 25 heavy (non-hydrogen) atoms. The van der Waals surface area contributed by atoms with Crippen molar-refractivity contribution in [2.45, 2.75) is 25.7 Å². The van der Waals surface area contributed by atoms with E-state index in [0.717, 1.165) is 41.0 Å². The van der Waals surface area contributed by atoms with E-state index in [1.807, 2.05) is 48.5 Å². The standard InChI is InChI=1S/C20H23N3O2/c1-25-18-10-5-2-7-15(18)12-13-20(24)21-14-6-11-19-22-16-8-3-4-9-17(16)23-19/h2-5,7-10H,6,11-14H2,1H3,(H,21,24)(H,22,23). The Hall–Kier alpha value is -2.82. The summed E-state index contributed by atoms with van der Waals surface area (Å²) < 4.78 is 5.31. The molecule has 3 aromatic rings. The normalized spacial score (nSPS) is 10.8. The van der Waals surface area contributed by atoms with Gasteiger partial charge in [0.1, 0.15) is 11.6 Å². The van der Waals surface area contributed by atoms with E-state index in [4.69, 9.17) is 4.74 Å². The lowest BCUT2D eigenvalue weighted by Crippen LogP contribution is -2.25. The van der Waals surface area contributed by atoms with Crippen LogP contribution in [0.4, 0.5) is 0 Å². The van der Waals surface area contributed by atoms with Crippen molar-refractivity contribution < 1.29 is 9.53 Å². The number of H-pyrrole nitrogens is 1. The lowest BCUT2D eigenvalue weighted by molar-refractivity contribution is -0.121. The van der Waals surface area contributed by atoms with Gasteiger partial charge in [-0.05, 0) is 36.6 Å². The third-order valence-electron chi connectivity index (χ3n) is 4.16. The van der Waals surface area contributed by atoms with E-state index in [-0.39, 0.29) is 5.91 Å². The van der Waals surface area contributed by atoms with Crippen molar-refractivity contribution in [1.29, 1.82) is 0 Å². The Balaban J connectivity index is 1.39. The van der Waals surface area contributed by atoms with Crippen LogP contribution in [0.5, 0.6) is 5.75 Å². The van der Waals surface area contributed by atoms with Crippen LogP contribution in [0.15, 0.2) is 48.5 Å². The fraction of sp³-hybridized carbons (Fsp3) is 0.300. The van der Waals surface area contributed by atoms with E-state index < -0.39 is 0 Å². The van der Waals surface area contributed by atoms with Gasteiger partial charge in [0.25, 0.3) is 0 Å². The number of carbonyl (C=O) groups is 1. The number of hydrogen-bond acceptors (Lipinski definition) is 3. The molecule has 0 saturated heterocycles. The Labute approximate surface area is 147 Å². The molecular weight excluding hydrogens is 314 g/mol. The molecule has 0 aliphatic rings. The summed E-state index contributed by atoms with van der Waals surface area (Å²) in [5.74, 6) is 1.86. The van der Waals surface area contributed by atoms with Gasteiger partial charge in [0.15, 0.2) is 0 Å². The molecule has 1 heterocycles. The first-order valence-corrected chi connectivity index (χ1v) is 8.58. The highest BCUT2D eigenvalue weighted by atomic mass is 16.5. The van der Waals surface area contributed by atoms with Crippen molar-refractivity contribution >= 4 is 16.9 Å². The van der Waals surface area contributed by atoms with Crippen LogP contribution < -0.4 is 10.1 Å². The minimum Gasteiger partial charge on any atom is -0.496 e. The number of aromatic amines is 1. The van der Waals surface area contributed by atoms with E-state index in [9.17, 15) is 4.79 Å². The summed E-state index contributed by atoms with van der Waals surface area (Å²) in [6.45, 7) is 0.655. The fourth-order valence-electron chi connectivity index (χ4n) is 2.85. The molecule has 5 nitrogen and oxygen atoms in total. The molecule has 1 aromatic heterocycles. The number of benzene rings is 2. The van der Waals surface area contributed by atoms with Crippen LogP contribution in [-0.4, -0.2) is 29.5 Å². The van der Waals surface area contributed by atoms with Crippen molar-refractivity contribution in [3.05, 3.63) is 59.9 Å². The summed E-state index contributed by atoms with van der Waals surface area (Å²) in [7, 11) is 1.65. The Morgan fingerprint density at radius 3 is 2.76 bits per heavy atom. The highest BCUT2D eigenvalue weighted by Gasteiger charge is 2.06. The van der Waals surface area contributed by atoms with Gasteiger partial charge in [-0.15, -0.1) is 0 Å². The summed E-state index contributed by atoms with van der Waals surface area (Å²) in [5.41, 5.74) is 3.10. The number of rotatable bonds is 8. The van der Waals surface area contributed by atoms with E-state index in [1.165, 1.54) is 0 Å². The molecule has 5 heteroatoms. The quantitative estimate of drug-likeness (QED) is 0.620. The maximum absolute atomic E-state index is 12.0. The number of amides is 1. The third-order valence-corrected chi connectivity index (χ3v) is 4.16. The van der Waals surface area contributed by atoms with Gasteiger partial charge in [-0.3, -0.25) is 4.79 Å². The monoisotopic (exact) mass is 337 g/mol. The van der Waals surface area contributed by atoms with Gasteiger partial charge in [0.05, 0.1) is 18.1 Å². The number of aryl methyl sites for hydroxylation is 2. The van der Waals surface area contributed by atoms with Crippen LogP contribution in [0.2, 0.25) is 0 Å². The number of para-hydroxylation sites is 3. The molecule has 0 aliphatic carbocycles. The maximum atomic E-state index is 12.0. The molecule has 0 spiro atoms. The van der Waals surface area contributed by atoms with E-state index >= 15 is 0 Å². The lowest BCUT2D eigenvalue weighted by Gasteiger charge is -2.08. The average molecular weight is 337 g/mol. The van der Waals surface area contributed by atoms with Crippen molar-refractivity contribution in [2.24, 2.45) is 0 Å². The summed E-state index contributed by atoms with van der Waals surface area (Å²) in [5, 5.41) is 2.97. The first-order valence-electron chi connectivity index (χ1n) is 8.58. The van der Waals surface area contributed by atoms with Gasteiger partial charge in [-0.2, -0.15) is 0 Å². The van der Waals surface area contributed by atoms with Crippen LogP contribution in [-0.2, 0) is 17.6 Å². The van der Waals surface area contributed by atoms with E-state index in [1.54, 1.807) is 7.11 Å². The number of carbonyl (C=O) groups excluding carboxylic acids is 1. The fourth-order valence-corrected chi connectivity index (χ4v) is 2.85. The molecule has 0 bridgehead atoms. The predicted molar refractivity (Wildman–Crippen MR) is 98.7 cm³/mol. The van der Waals surface area contributed by atoms with Gasteiger partial charge >= 0.3 is 0 Å². The second-order valence-corrected chi connectivity index (χ2v) is 5.97. The SMILES string of the molecule is COc1ccccc1CCC(=O)NCCCc1nc2ccccc2[nH]1. The smallest absolute Gasteiger partial charge is 0.220 e. The lowest BCUT2D eigenvalue weighted by atomic mass is 10.1. The van der Waals surface area contributed by atoms with Crippen molar-refractivity contribution in [3.8, 4) is 5.75 Å². The zero-order valence-corrected chi connectivity index (χ0v) is 14.4. The Morgan fingerprint density at radius 1 is 1.12 bits per heavy atom. The van der Waals surface area contributed by atoms with Gasteiger partial charge in [-0.1, -0.05) is 30.3 Å². The van der Waals surface area contributed by atoms with Crippen LogP contribution in [0.3, 0.4) is 0 Å². The molecule has 1 amide bonds. The second-order valence-electron chi connectivity index (χ2n) is 5.97. The van der Waals surface area contributed by atoms with Crippen LogP contribution in [0.25, 0.3) is 11.0 Å². The van der Waals surface area contributed by atoms with Crippen LogP contribution >= 0.6 is 0 Å². The van der Waals surface area contributed by atoms with E-state index in [2.05, 4.69) is 15.3 Å². The molecular formula is C20H23N3O2. The minimum absolute atomic E-state index is 0.0653. The number of aromatic nitrogens is 2. The molecule has 2 N–H and O–H groups in total. The first-order chi connectivity index (χ1) is 12.3. The third kappa shape index (κ3) is 4.59. The Morgan fingerprint density at radius 2 is 1.92 bits per heavy atom. The summed E-state index contributed by atoms with van der Waals surface area (Å²) >= 11 is 0. The van der Waals surface area contributed by atoms with Gasteiger partial charge in [0, 0.05) is 19.4 Å². The molecule has 0 atom stereocenters. The van der Waals surface area contributed by atoms with Crippen LogP contribution in [0.1, 0.15) is 24.2 Å². The number of imidazole rings is 1. The van der Waals surface area contributed by atoms with E-state index in [0.29, 0.717) is 19.4 Å². The van der Waals surface area contributed by atoms with Gasteiger partial charge < -0.3 is 15.0 Å². The highest BCUT2D eigenvalue weighted by Crippen LogP contribution is 2.18. The summed E-state index contributed by atoms with van der Waals surface area (Å²) in [6.07, 6.45) is 2.83. The summed E-state index contributed by atoms with van der Waals surface area (Å²) in [4.78, 5) is 19.8. The molecule has 0 saturated carbocycles. The number of nitrogens with zero attached hydrogens (tertiary/aromatic N) is 1. The molecule has 0 aliphatic heterocycles. The molecule has 130 valence electrons. The largest absolute Gasteiger partial charge is 0.496 e. The molecule has 0 unspecified atom stereocenters. The number of hydrogen-bond donors (Lipinski definition) is 2. The van der Waals surface area contributed by atoms with Crippen molar-refractivity contribution in [1.82, 2.24) is 15.3 Å². The van der Waals surface area contributed by atoms with Gasteiger partial charge in [-0.25, -0.2) is 4.98 Å². The van der Waals surface area contributed by atoms with Crippen molar-refractivity contribution in [2.75, 3.05) is 13.7 Å². The average Bonchev–Trinajstić information content (AvgIpc) is 3.06. The first kappa shape index (κ1) is 17.0. The highest BCUT2D eigenvalue weighted by molar-refractivity contribution is 5.76. The summed E-state index contributed by atoms with van der Waals surface area (Å²) in [6, 6.07) is 15.8. The second kappa shape index (κ2) is 8.33. The minimum atomic E-state index is 0.0653. The molecule has 0 radical (unpaired) electrons. The van der Waals surface area contributed by atoms with Crippen LogP contribution in [0, 0.1) is 0 Å². The maximum Gasteiger partial charge on any atom is 0.220 e.